The van der Waals surface area contributed by atoms with E-state index in [2.05, 4.69) is 28.3 Å². The molecule has 0 radical (unpaired) electrons. The molecular formula is C21H19ClN4OS2. The highest BCUT2D eigenvalue weighted by Crippen LogP contribution is 2.29. The Balaban J connectivity index is 1.68. The Morgan fingerprint density at radius 2 is 2.03 bits per heavy atom. The summed E-state index contributed by atoms with van der Waals surface area (Å²) in [5.74, 6) is -0.182. The van der Waals surface area contributed by atoms with Crippen molar-refractivity contribution >= 4 is 45.7 Å². The van der Waals surface area contributed by atoms with E-state index in [1.165, 1.54) is 23.1 Å². The minimum atomic E-state index is -0.422. The number of nitrogens with zero attached hydrogens (tertiary/aromatic N) is 3. The van der Waals surface area contributed by atoms with Crippen molar-refractivity contribution in [1.29, 1.82) is 5.26 Å². The standard InChI is InChI=1S/C21H19ClN4OS2/c1-3-4-17-10-7-15(11-23)20(24-17)29-13(2)19(27)26-21-25-18(12-28-21)14-5-8-16(22)9-6-14/h5-10,12-13H,3-4H2,1-2H3,(H,25,26,27). The van der Waals surface area contributed by atoms with Crippen LogP contribution in [-0.4, -0.2) is 21.1 Å². The van der Waals surface area contributed by atoms with E-state index in [-0.39, 0.29) is 5.91 Å². The summed E-state index contributed by atoms with van der Waals surface area (Å²) in [6.45, 7) is 3.87. The molecule has 0 saturated heterocycles. The van der Waals surface area contributed by atoms with Gasteiger partial charge in [-0.2, -0.15) is 5.26 Å². The van der Waals surface area contributed by atoms with Crippen LogP contribution in [0.15, 0.2) is 46.8 Å². The zero-order valence-electron chi connectivity index (χ0n) is 16.0. The minimum Gasteiger partial charge on any atom is -0.301 e. The van der Waals surface area contributed by atoms with Crippen molar-refractivity contribution < 1.29 is 4.79 Å². The first-order valence-corrected chi connectivity index (χ1v) is 11.2. The van der Waals surface area contributed by atoms with Gasteiger partial charge in [-0.25, -0.2) is 9.97 Å². The zero-order valence-corrected chi connectivity index (χ0v) is 18.4. The number of thiazole rings is 1. The highest BCUT2D eigenvalue weighted by molar-refractivity contribution is 8.00. The number of amides is 1. The number of nitrogens with one attached hydrogen (secondary N) is 1. The first-order valence-electron chi connectivity index (χ1n) is 9.09. The van der Waals surface area contributed by atoms with Gasteiger partial charge in [-0.05, 0) is 37.6 Å². The molecule has 2 aromatic heterocycles. The van der Waals surface area contributed by atoms with Crippen LogP contribution in [0.5, 0.6) is 0 Å². The Hall–Kier alpha value is -2.40. The Bertz CT molecular complexity index is 1040. The van der Waals surface area contributed by atoms with E-state index in [4.69, 9.17) is 11.6 Å². The number of rotatable bonds is 7. The third-order valence-electron chi connectivity index (χ3n) is 4.08. The number of nitriles is 1. The Labute approximate surface area is 183 Å². The Morgan fingerprint density at radius 3 is 2.72 bits per heavy atom. The third kappa shape index (κ3) is 5.57. The second kappa shape index (κ2) is 9.88. The van der Waals surface area contributed by atoms with Crippen molar-refractivity contribution in [2.24, 2.45) is 0 Å². The van der Waals surface area contributed by atoms with E-state index < -0.39 is 5.25 Å². The zero-order chi connectivity index (χ0) is 20.8. The van der Waals surface area contributed by atoms with E-state index in [1.54, 1.807) is 25.1 Å². The van der Waals surface area contributed by atoms with E-state index in [1.807, 2.05) is 23.6 Å². The summed E-state index contributed by atoms with van der Waals surface area (Å²) in [4.78, 5) is 21.7. The molecule has 1 atom stereocenters. The lowest BCUT2D eigenvalue weighted by Crippen LogP contribution is -2.22. The normalized spacial score (nSPS) is 11.7. The quantitative estimate of drug-likeness (QED) is 0.467. The van der Waals surface area contributed by atoms with Crippen molar-refractivity contribution in [3.05, 3.63) is 58.1 Å². The lowest BCUT2D eigenvalue weighted by molar-refractivity contribution is -0.115. The number of carbonyl (C=O) groups excluding carboxylic acids is 1. The number of halogens is 1. The van der Waals surface area contributed by atoms with Gasteiger partial charge in [-0.3, -0.25) is 4.79 Å². The van der Waals surface area contributed by atoms with Crippen molar-refractivity contribution in [1.82, 2.24) is 9.97 Å². The number of carbonyl (C=O) groups is 1. The third-order valence-corrected chi connectivity index (χ3v) is 6.19. The van der Waals surface area contributed by atoms with Gasteiger partial charge in [0.05, 0.1) is 16.5 Å². The van der Waals surface area contributed by atoms with Gasteiger partial charge in [0, 0.05) is 21.7 Å². The van der Waals surface area contributed by atoms with E-state index in [9.17, 15) is 10.1 Å². The SMILES string of the molecule is CCCc1ccc(C#N)c(SC(C)C(=O)Nc2nc(-c3ccc(Cl)cc3)cs2)n1. The number of thioether (sulfide) groups is 1. The van der Waals surface area contributed by atoms with Crippen molar-refractivity contribution in [2.75, 3.05) is 5.32 Å². The van der Waals surface area contributed by atoms with Crippen LogP contribution in [0.3, 0.4) is 0 Å². The topological polar surface area (TPSA) is 78.7 Å². The predicted octanol–water partition coefficient (Wildman–Crippen LogP) is 5.80. The maximum absolute atomic E-state index is 12.6. The maximum Gasteiger partial charge on any atom is 0.239 e. The molecule has 0 aliphatic rings. The number of hydrogen-bond acceptors (Lipinski definition) is 6. The first kappa shape index (κ1) is 21.3. The average molecular weight is 443 g/mol. The molecule has 0 saturated carbocycles. The molecule has 1 aromatic carbocycles. The van der Waals surface area contributed by atoms with Crippen LogP contribution in [0.1, 0.15) is 31.5 Å². The number of aryl methyl sites for hydroxylation is 1. The van der Waals surface area contributed by atoms with Gasteiger partial charge in [0.25, 0.3) is 0 Å². The van der Waals surface area contributed by atoms with Gasteiger partial charge >= 0.3 is 0 Å². The summed E-state index contributed by atoms with van der Waals surface area (Å²) in [5, 5.41) is 15.4. The molecule has 1 amide bonds. The molecule has 0 bridgehead atoms. The summed E-state index contributed by atoms with van der Waals surface area (Å²) >= 11 is 8.57. The van der Waals surface area contributed by atoms with Gasteiger partial charge in [-0.15, -0.1) is 11.3 Å². The highest BCUT2D eigenvalue weighted by atomic mass is 35.5. The fourth-order valence-electron chi connectivity index (χ4n) is 2.56. The van der Waals surface area contributed by atoms with Gasteiger partial charge < -0.3 is 5.32 Å². The summed E-state index contributed by atoms with van der Waals surface area (Å²) in [5.41, 5.74) is 3.12. The summed E-state index contributed by atoms with van der Waals surface area (Å²) in [7, 11) is 0. The van der Waals surface area contributed by atoms with Gasteiger partial charge in [0.1, 0.15) is 11.1 Å². The van der Waals surface area contributed by atoms with Crippen LogP contribution in [0.4, 0.5) is 5.13 Å². The summed E-state index contributed by atoms with van der Waals surface area (Å²) in [6, 6.07) is 13.2. The molecule has 1 unspecified atom stereocenters. The van der Waals surface area contributed by atoms with Crippen LogP contribution in [-0.2, 0) is 11.2 Å². The molecule has 29 heavy (non-hydrogen) atoms. The fraction of sp³-hybridized carbons (Fsp3) is 0.238. The minimum absolute atomic E-state index is 0.182. The first-order chi connectivity index (χ1) is 14.0. The van der Waals surface area contributed by atoms with Crippen molar-refractivity contribution in [2.45, 2.75) is 37.0 Å². The predicted molar refractivity (Wildman–Crippen MR) is 119 cm³/mol. The molecule has 8 heteroatoms. The summed E-state index contributed by atoms with van der Waals surface area (Å²) < 4.78 is 0. The van der Waals surface area contributed by atoms with Crippen LogP contribution in [0.2, 0.25) is 5.02 Å². The van der Waals surface area contributed by atoms with Crippen LogP contribution in [0.25, 0.3) is 11.3 Å². The number of anilines is 1. The fourth-order valence-corrected chi connectivity index (χ4v) is 4.32. The summed E-state index contributed by atoms with van der Waals surface area (Å²) in [6.07, 6.45) is 1.81. The van der Waals surface area contributed by atoms with Crippen LogP contribution >= 0.6 is 34.7 Å². The molecule has 2 heterocycles. The van der Waals surface area contributed by atoms with E-state index in [0.29, 0.717) is 20.7 Å². The monoisotopic (exact) mass is 442 g/mol. The molecule has 0 spiro atoms. The smallest absolute Gasteiger partial charge is 0.239 e. The highest BCUT2D eigenvalue weighted by Gasteiger charge is 2.19. The average Bonchev–Trinajstić information content (AvgIpc) is 3.17. The largest absolute Gasteiger partial charge is 0.301 e. The number of benzene rings is 1. The molecule has 0 aliphatic heterocycles. The lowest BCUT2D eigenvalue weighted by Gasteiger charge is -2.12. The second-order valence-electron chi connectivity index (χ2n) is 6.31. The second-order valence-corrected chi connectivity index (χ2v) is 8.94. The molecule has 0 fully saturated rings. The van der Waals surface area contributed by atoms with Gasteiger partial charge in [0.2, 0.25) is 5.91 Å². The lowest BCUT2D eigenvalue weighted by atomic mass is 10.2. The van der Waals surface area contributed by atoms with Crippen LogP contribution < -0.4 is 5.32 Å². The molecule has 1 N–H and O–H groups in total. The number of hydrogen-bond donors (Lipinski definition) is 1. The Kier molecular flexibility index (Phi) is 7.26. The Morgan fingerprint density at radius 1 is 1.28 bits per heavy atom. The number of aromatic nitrogens is 2. The van der Waals surface area contributed by atoms with Crippen molar-refractivity contribution in [3.63, 3.8) is 0 Å². The molecule has 148 valence electrons. The molecular weight excluding hydrogens is 424 g/mol. The van der Waals surface area contributed by atoms with Gasteiger partial charge in [0.15, 0.2) is 5.13 Å². The maximum atomic E-state index is 12.6. The van der Waals surface area contributed by atoms with E-state index in [0.717, 1.165) is 29.8 Å². The molecule has 3 aromatic rings. The molecule has 5 nitrogen and oxygen atoms in total. The molecule has 3 rings (SSSR count). The van der Waals surface area contributed by atoms with Crippen molar-refractivity contribution in [3.8, 4) is 17.3 Å². The molecule has 0 aliphatic carbocycles. The van der Waals surface area contributed by atoms with Gasteiger partial charge in [-0.1, -0.05) is 48.8 Å². The van der Waals surface area contributed by atoms with E-state index >= 15 is 0 Å². The number of pyridine rings is 1. The van der Waals surface area contributed by atoms with Crippen LogP contribution in [0, 0.1) is 11.3 Å².